The quantitative estimate of drug-likeness (QED) is 0.691. The molecule has 1 aromatic carbocycles. The number of ether oxygens (including phenoxy) is 1. The van der Waals surface area contributed by atoms with Crippen LogP contribution < -0.4 is 4.74 Å². The summed E-state index contributed by atoms with van der Waals surface area (Å²) in [5, 5.41) is 0. The van der Waals surface area contributed by atoms with Crippen LogP contribution in [0.3, 0.4) is 0 Å². The molecule has 0 atom stereocenters. The lowest BCUT2D eigenvalue weighted by Crippen LogP contribution is -2.21. The maximum absolute atomic E-state index is 11.5. The van der Waals surface area contributed by atoms with Gasteiger partial charge in [-0.3, -0.25) is 9.59 Å². The predicted molar refractivity (Wildman–Crippen MR) is 56.0 cm³/mol. The van der Waals surface area contributed by atoms with Crippen LogP contribution in [0.4, 0.5) is 0 Å². The molecule has 1 rings (SSSR count). The molecule has 0 unspecified atom stereocenters. The minimum Gasteiger partial charge on any atom is -0.486 e. The first kappa shape index (κ1) is 11.2. The van der Waals surface area contributed by atoms with Crippen LogP contribution >= 0.6 is 0 Å². The Kier molecular flexibility index (Phi) is 3.85. The van der Waals surface area contributed by atoms with Crippen molar-refractivity contribution in [2.45, 2.75) is 0 Å². The number of benzene rings is 1. The van der Waals surface area contributed by atoms with Gasteiger partial charge in [-0.25, -0.2) is 0 Å². The summed E-state index contributed by atoms with van der Waals surface area (Å²) in [5.41, 5.74) is 0.596. The van der Waals surface area contributed by atoms with Crippen molar-refractivity contribution in [1.82, 2.24) is 4.90 Å². The third kappa shape index (κ3) is 3.09. The molecule has 0 fully saturated rings. The Labute approximate surface area is 88.5 Å². The lowest BCUT2D eigenvalue weighted by atomic mass is 10.2. The fourth-order valence-electron chi connectivity index (χ4n) is 1.08. The summed E-state index contributed by atoms with van der Waals surface area (Å²) in [6.07, 6.45) is 0.679. The van der Waals surface area contributed by atoms with E-state index < -0.39 is 0 Å². The predicted octanol–water partition coefficient (Wildman–Crippen LogP) is 0.966. The molecule has 1 aromatic rings. The summed E-state index contributed by atoms with van der Waals surface area (Å²) in [6.45, 7) is 0.0287. The zero-order chi connectivity index (χ0) is 11.3. The zero-order valence-electron chi connectivity index (χ0n) is 8.77. The summed E-state index contributed by atoms with van der Waals surface area (Å²) in [7, 11) is 3.39. The molecule has 0 heterocycles. The molecule has 0 saturated heterocycles. The Balaban J connectivity index is 2.71. The third-order valence-electron chi connectivity index (χ3n) is 1.83. The molecule has 0 N–H and O–H groups in total. The molecule has 0 saturated carbocycles. The van der Waals surface area contributed by atoms with E-state index in [2.05, 4.69) is 0 Å². The number of hydrogen-bond donors (Lipinski definition) is 0. The molecular weight excluding hydrogens is 194 g/mol. The van der Waals surface area contributed by atoms with E-state index in [0.717, 1.165) is 0 Å². The molecule has 15 heavy (non-hydrogen) atoms. The largest absolute Gasteiger partial charge is 0.486 e. The summed E-state index contributed by atoms with van der Waals surface area (Å²) in [4.78, 5) is 23.1. The molecular formula is C11H13NO3. The standard InChI is InChI=1S/C11H13NO3/c1-12(2)11(14)9-3-5-10(6-4-9)15-8-7-13/h3-7H,8H2,1-2H3. The Morgan fingerprint density at radius 1 is 1.33 bits per heavy atom. The van der Waals surface area contributed by atoms with Gasteiger partial charge in [-0.2, -0.15) is 0 Å². The normalized spacial score (nSPS) is 9.47. The molecule has 0 radical (unpaired) electrons. The zero-order valence-corrected chi connectivity index (χ0v) is 8.77. The molecule has 0 aliphatic rings. The van der Waals surface area contributed by atoms with Crippen LogP contribution in [0.5, 0.6) is 5.75 Å². The van der Waals surface area contributed by atoms with Crippen molar-refractivity contribution in [2.75, 3.05) is 20.7 Å². The highest BCUT2D eigenvalue weighted by molar-refractivity contribution is 5.93. The first-order valence-electron chi connectivity index (χ1n) is 4.53. The van der Waals surface area contributed by atoms with E-state index in [-0.39, 0.29) is 12.5 Å². The monoisotopic (exact) mass is 207 g/mol. The Bertz CT molecular complexity index is 343. The molecule has 0 aliphatic carbocycles. The van der Waals surface area contributed by atoms with E-state index in [1.165, 1.54) is 4.90 Å². The van der Waals surface area contributed by atoms with Crippen LogP contribution in [0.1, 0.15) is 10.4 Å². The molecule has 0 aliphatic heterocycles. The minimum atomic E-state index is -0.0584. The Morgan fingerprint density at radius 2 is 1.93 bits per heavy atom. The second-order valence-electron chi connectivity index (χ2n) is 3.20. The van der Waals surface area contributed by atoms with Gasteiger partial charge in [0.05, 0.1) is 0 Å². The SMILES string of the molecule is CN(C)C(=O)c1ccc(OCC=O)cc1. The van der Waals surface area contributed by atoms with E-state index in [9.17, 15) is 9.59 Å². The van der Waals surface area contributed by atoms with Crippen LogP contribution in [0.2, 0.25) is 0 Å². The average Bonchev–Trinajstić information content (AvgIpc) is 2.26. The van der Waals surface area contributed by atoms with Crippen molar-refractivity contribution in [1.29, 1.82) is 0 Å². The second kappa shape index (κ2) is 5.14. The van der Waals surface area contributed by atoms with E-state index in [0.29, 0.717) is 17.6 Å². The third-order valence-corrected chi connectivity index (χ3v) is 1.83. The van der Waals surface area contributed by atoms with Gasteiger partial charge in [0.15, 0.2) is 6.29 Å². The smallest absolute Gasteiger partial charge is 0.253 e. The van der Waals surface area contributed by atoms with Crippen LogP contribution in [0.25, 0.3) is 0 Å². The van der Waals surface area contributed by atoms with E-state index in [1.54, 1.807) is 38.4 Å². The molecule has 0 aromatic heterocycles. The van der Waals surface area contributed by atoms with Gasteiger partial charge in [-0.1, -0.05) is 0 Å². The summed E-state index contributed by atoms with van der Waals surface area (Å²) < 4.78 is 5.06. The van der Waals surface area contributed by atoms with E-state index in [4.69, 9.17) is 4.74 Å². The maximum Gasteiger partial charge on any atom is 0.253 e. The number of nitrogens with zero attached hydrogens (tertiary/aromatic N) is 1. The van der Waals surface area contributed by atoms with Crippen LogP contribution in [-0.2, 0) is 4.79 Å². The van der Waals surface area contributed by atoms with Crippen molar-refractivity contribution in [3.8, 4) is 5.75 Å². The van der Waals surface area contributed by atoms with Gasteiger partial charge in [-0.15, -0.1) is 0 Å². The topological polar surface area (TPSA) is 46.6 Å². The van der Waals surface area contributed by atoms with Gasteiger partial charge in [0, 0.05) is 19.7 Å². The highest BCUT2D eigenvalue weighted by Gasteiger charge is 2.06. The van der Waals surface area contributed by atoms with Gasteiger partial charge in [0.25, 0.3) is 5.91 Å². The lowest BCUT2D eigenvalue weighted by Gasteiger charge is -2.10. The van der Waals surface area contributed by atoms with Crippen molar-refractivity contribution >= 4 is 12.2 Å². The lowest BCUT2D eigenvalue weighted by molar-refractivity contribution is -0.109. The molecule has 4 heteroatoms. The van der Waals surface area contributed by atoms with Crippen molar-refractivity contribution in [3.63, 3.8) is 0 Å². The Hall–Kier alpha value is -1.84. The summed E-state index contributed by atoms with van der Waals surface area (Å²) >= 11 is 0. The maximum atomic E-state index is 11.5. The molecule has 1 amide bonds. The number of aldehydes is 1. The van der Waals surface area contributed by atoms with E-state index >= 15 is 0 Å². The Morgan fingerprint density at radius 3 is 2.40 bits per heavy atom. The molecule has 80 valence electrons. The molecule has 4 nitrogen and oxygen atoms in total. The van der Waals surface area contributed by atoms with Gasteiger partial charge in [0.2, 0.25) is 0 Å². The highest BCUT2D eigenvalue weighted by atomic mass is 16.5. The van der Waals surface area contributed by atoms with Crippen LogP contribution in [0.15, 0.2) is 24.3 Å². The summed E-state index contributed by atoms with van der Waals surface area (Å²) in [5.74, 6) is 0.523. The van der Waals surface area contributed by atoms with Gasteiger partial charge >= 0.3 is 0 Å². The van der Waals surface area contributed by atoms with E-state index in [1.807, 2.05) is 0 Å². The van der Waals surface area contributed by atoms with Crippen molar-refractivity contribution in [3.05, 3.63) is 29.8 Å². The first-order valence-corrected chi connectivity index (χ1v) is 4.53. The molecule has 0 spiro atoms. The van der Waals surface area contributed by atoms with Crippen LogP contribution in [-0.4, -0.2) is 37.8 Å². The number of hydrogen-bond acceptors (Lipinski definition) is 3. The summed E-state index contributed by atoms with van der Waals surface area (Å²) in [6, 6.07) is 6.67. The van der Waals surface area contributed by atoms with Gasteiger partial charge in [0.1, 0.15) is 12.4 Å². The minimum absolute atomic E-state index is 0.0287. The average molecular weight is 207 g/mol. The number of carbonyl (C=O) groups excluding carboxylic acids is 2. The van der Waals surface area contributed by atoms with Crippen LogP contribution in [0, 0.1) is 0 Å². The fourth-order valence-corrected chi connectivity index (χ4v) is 1.08. The van der Waals surface area contributed by atoms with Gasteiger partial charge in [-0.05, 0) is 24.3 Å². The highest BCUT2D eigenvalue weighted by Crippen LogP contribution is 2.12. The molecule has 0 bridgehead atoms. The van der Waals surface area contributed by atoms with Crippen molar-refractivity contribution in [2.24, 2.45) is 0 Å². The second-order valence-corrected chi connectivity index (χ2v) is 3.20. The number of carbonyl (C=O) groups is 2. The number of amides is 1. The first-order chi connectivity index (χ1) is 7.15. The van der Waals surface area contributed by atoms with Crippen molar-refractivity contribution < 1.29 is 14.3 Å². The number of rotatable bonds is 4. The fraction of sp³-hybridized carbons (Fsp3) is 0.273. The van der Waals surface area contributed by atoms with Gasteiger partial charge < -0.3 is 9.64 Å².